The molecule has 0 aliphatic heterocycles. The number of carbonyl (C=O) groups excluding carboxylic acids is 1. The molecule has 0 atom stereocenters. The summed E-state index contributed by atoms with van der Waals surface area (Å²) < 4.78 is 5.33. The van der Waals surface area contributed by atoms with Gasteiger partial charge in [-0.05, 0) is 40.8 Å². The molecule has 0 bridgehead atoms. The van der Waals surface area contributed by atoms with E-state index >= 15 is 0 Å². The maximum absolute atomic E-state index is 10.6. The van der Waals surface area contributed by atoms with Crippen LogP contribution in [0.5, 0.6) is 5.75 Å². The lowest BCUT2D eigenvalue weighted by Crippen LogP contribution is -2.04. The van der Waals surface area contributed by atoms with E-state index in [0.717, 1.165) is 0 Å². The molecule has 1 rings (SSSR count). The molecule has 74 valence electrons. The second kappa shape index (κ2) is 4.41. The molecule has 14 heavy (non-hydrogen) atoms. The smallest absolute Gasteiger partial charge is 0.336 e. The number of carbonyl (C=O) groups is 2. The van der Waals surface area contributed by atoms with Crippen LogP contribution in [0.4, 0.5) is 0 Å². The number of carboxylic acid groups (broad SMARTS) is 1. The van der Waals surface area contributed by atoms with E-state index in [4.69, 9.17) is 9.84 Å². The molecule has 4 nitrogen and oxygen atoms in total. The first-order chi connectivity index (χ1) is 6.50. The molecular weight excluding hydrogens is 299 g/mol. The quantitative estimate of drug-likeness (QED) is 0.515. The van der Waals surface area contributed by atoms with Crippen molar-refractivity contribution in [3.8, 4) is 5.75 Å². The highest BCUT2D eigenvalue weighted by Crippen LogP contribution is 2.19. The minimum atomic E-state index is -0.997. The first-order valence-corrected chi connectivity index (χ1v) is 4.80. The van der Waals surface area contributed by atoms with E-state index in [1.807, 2.05) is 22.6 Å². The Bertz CT molecular complexity index is 386. The summed E-state index contributed by atoms with van der Waals surface area (Å²) in [6.07, 6.45) is 0. The van der Waals surface area contributed by atoms with Crippen LogP contribution in [-0.4, -0.2) is 17.0 Å². The molecule has 0 aliphatic carbocycles. The lowest BCUT2D eigenvalue weighted by atomic mass is 10.2. The molecular formula is C9H7IO4. The summed E-state index contributed by atoms with van der Waals surface area (Å²) in [7, 11) is 0. The van der Waals surface area contributed by atoms with Gasteiger partial charge < -0.3 is 9.84 Å². The van der Waals surface area contributed by atoms with Crippen molar-refractivity contribution in [1.29, 1.82) is 0 Å². The van der Waals surface area contributed by atoms with Gasteiger partial charge >= 0.3 is 11.9 Å². The molecule has 0 unspecified atom stereocenters. The van der Waals surface area contributed by atoms with E-state index in [0.29, 0.717) is 9.32 Å². The fraction of sp³-hybridized carbons (Fsp3) is 0.111. The van der Waals surface area contributed by atoms with Gasteiger partial charge in [0, 0.05) is 10.5 Å². The van der Waals surface area contributed by atoms with E-state index in [2.05, 4.69) is 0 Å². The van der Waals surface area contributed by atoms with E-state index in [1.54, 1.807) is 0 Å². The molecule has 0 amide bonds. The summed E-state index contributed by atoms with van der Waals surface area (Å²) in [5.41, 5.74) is 0.196. The Morgan fingerprint density at radius 1 is 1.43 bits per heavy atom. The normalized spacial score (nSPS) is 9.57. The fourth-order valence-electron chi connectivity index (χ4n) is 0.899. The zero-order chi connectivity index (χ0) is 10.7. The highest BCUT2D eigenvalue weighted by atomic mass is 127. The largest absolute Gasteiger partial charge is 0.478 e. The number of halogens is 1. The van der Waals surface area contributed by atoms with Crippen LogP contribution in [0.3, 0.4) is 0 Å². The zero-order valence-electron chi connectivity index (χ0n) is 7.28. The number of hydrogen-bond donors (Lipinski definition) is 1. The third-order valence-corrected chi connectivity index (χ3v) is 2.33. The van der Waals surface area contributed by atoms with Gasteiger partial charge in [0.1, 0.15) is 5.75 Å². The van der Waals surface area contributed by atoms with Gasteiger partial charge in [-0.3, -0.25) is 4.79 Å². The molecule has 1 aromatic rings. The van der Waals surface area contributed by atoms with E-state index < -0.39 is 11.9 Å². The Hall–Kier alpha value is -1.11. The van der Waals surface area contributed by atoms with Crippen molar-refractivity contribution >= 4 is 34.5 Å². The third kappa shape index (κ3) is 2.69. The van der Waals surface area contributed by atoms with Gasteiger partial charge in [-0.25, -0.2) is 4.79 Å². The van der Waals surface area contributed by atoms with Crippen molar-refractivity contribution in [1.82, 2.24) is 0 Å². The van der Waals surface area contributed by atoms with E-state index in [9.17, 15) is 9.59 Å². The topological polar surface area (TPSA) is 63.6 Å². The summed E-state index contributed by atoms with van der Waals surface area (Å²) in [5, 5.41) is 8.73. The Morgan fingerprint density at radius 3 is 2.50 bits per heavy atom. The number of esters is 1. The van der Waals surface area contributed by atoms with Gasteiger partial charge in [0.05, 0.1) is 5.56 Å². The van der Waals surface area contributed by atoms with Crippen molar-refractivity contribution in [2.45, 2.75) is 6.92 Å². The minimum Gasteiger partial charge on any atom is -0.478 e. The summed E-state index contributed by atoms with van der Waals surface area (Å²) in [6, 6.07) is 4.36. The van der Waals surface area contributed by atoms with Crippen LogP contribution in [0.25, 0.3) is 0 Å². The Morgan fingerprint density at radius 2 is 2.07 bits per heavy atom. The second-order valence-electron chi connectivity index (χ2n) is 2.54. The molecule has 0 aliphatic rings. The van der Waals surface area contributed by atoms with Crippen LogP contribution in [0.15, 0.2) is 18.2 Å². The van der Waals surface area contributed by atoms with Gasteiger partial charge in [0.25, 0.3) is 0 Å². The molecule has 0 spiro atoms. The lowest BCUT2D eigenvalue weighted by Gasteiger charge is -2.03. The SMILES string of the molecule is CC(=O)Oc1ccc(C(=O)O)c(I)c1. The Kier molecular flexibility index (Phi) is 3.45. The Balaban J connectivity index is 3.00. The standard InChI is InChI=1S/C9H7IO4/c1-5(11)14-6-2-3-7(9(12)13)8(10)4-6/h2-4H,1H3,(H,12,13). The van der Waals surface area contributed by atoms with Crippen molar-refractivity contribution in [2.24, 2.45) is 0 Å². The third-order valence-electron chi connectivity index (χ3n) is 1.43. The van der Waals surface area contributed by atoms with E-state index in [-0.39, 0.29) is 5.56 Å². The molecule has 0 aromatic heterocycles. The molecule has 0 radical (unpaired) electrons. The number of ether oxygens (including phenoxy) is 1. The number of hydrogen-bond acceptors (Lipinski definition) is 3. The van der Waals surface area contributed by atoms with Crippen LogP contribution in [0.2, 0.25) is 0 Å². The van der Waals surface area contributed by atoms with Crippen molar-refractivity contribution in [2.75, 3.05) is 0 Å². The van der Waals surface area contributed by atoms with Gasteiger partial charge in [-0.2, -0.15) is 0 Å². The van der Waals surface area contributed by atoms with Gasteiger partial charge in [0.2, 0.25) is 0 Å². The highest BCUT2D eigenvalue weighted by molar-refractivity contribution is 14.1. The van der Waals surface area contributed by atoms with Gasteiger partial charge in [-0.1, -0.05) is 0 Å². The molecule has 0 fully saturated rings. The average Bonchev–Trinajstić information content (AvgIpc) is 2.01. The van der Waals surface area contributed by atoms with E-state index in [1.165, 1.54) is 25.1 Å². The van der Waals surface area contributed by atoms with Crippen LogP contribution in [0, 0.1) is 3.57 Å². The maximum atomic E-state index is 10.6. The lowest BCUT2D eigenvalue weighted by molar-refractivity contribution is -0.131. The van der Waals surface area contributed by atoms with Crippen molar-refractivity contribution in [3.05, 3.63) is 27.3 Å². The first kappa shape index (κ1) is 11.0. The van der Waals surface area contributed by atoms with Gasteiger partial charge in [-0.15, -0.1) is 0 Å². The van der Waals surface area contributed by atoms with Crippen molar-refractivity contribution in [3.63, 3.8) is 0 Å². The predicted molar refractivity (Wildman–Crippen MR) is 57.4 cm³/mol. The summed E-state index contributed by atoms with van der Waals surface area (Å²) in [6.45, 7) is 1.29. The number of carboxylic acids is 1. The monoisotopic (exact) mass is 306 g/mol. The van der Waals surface area contributed by atoms with Gasteiger partial charge in [0.15, 0.2) is 0 Å². The number of benzene rings is 1. The molecule has 1 N–H and O–H groups in total. The van der Waals surface area contributed by atoms with Crippen LogP contribution < -0.4 is 4.74 Å². The second-order valence-corrected chi connectivity index (χ2v) is 3.70. The Labute approximate surface area is 94.0 Å². The first-order valence-electron chi connectivity index (χ1n) is 3.72. The fourth-order valence-corrected chi connectivity index (χ4v) is 1.62. The number of rotatable bonds is 2. The zero-order valence-corrected chi connectivity index (χ0v) is 9.44. The summed E-state index contributed by atoms with van der Waals surface area (Å²) >= 11 is 1.88. The summed E-state index contributed by atoms with van der Waals surface area (Å²) in [5.74, 6) is -1.07. The van der Waals surface area contributed by atoms with Crippen LogP contribution >= 0.6 is 22.6 Å². The summed E-state index contributed by atoms with van der Waals surface area (Å²) in [4.78, 5) is 21.2. The van der Waals surface area contributed by atoms with Crippen LogP contribution in [0.1, 0.15) is 17.3 Å². The van der Waals surface area contributed by atoms with Crippen LogP contribution in [-0.2, 0) is 4.79 Å². The van der Waals surface area contributed by atoms with Crippen molar-refractivity contribution < 1.29 is 19.4 Å². The highest BCUT2D eigenvalue weighted by Gasteiger charge is 2.09. The molecule has 0 heterocycles. The average molecular weight is 306 g/mol. The molecule has 0 saturated carbocycles. The molecule has 0 saturated heterocycles. The minimum absolute atomic E-state index is 0.196. The maximum Gasteiger partial charge on any atom is 0.336 e. The number of aromatic carboxylic acids is 1. The predicted octanol–water partition coefficient (Wildman–Crippen LogP) is 1.91. The molecule has 1 aromatic carbocycles. The molecule has 5 heteroatoms.